The maximum absolute atomic E-state index is 12.8. The summed E-state index contributed by atoms with van der Waals surface area (Å²) in [5.74, 6) is 1.20. The van der Waals surface area contributed by atoms with Gasteiger partial charge in [-0.25, -0.2) is 0 Å². The van der Waals surface area contributed by atoms with E-state index in [-0.39, 0.29) is 29.5 Å². The molecule has 2 heterocycles. The third kappa shape index (κ3) is 5.15. The third-order valence-electron chi connectivity index (χ3n) is 5.24. The summed E-state index contributed by atoms with van der Waals surface area (Å²) in [4.78, 5) is 27.5. The summed E-state index contributed by atoms with van der Waals surface area (Å²) < 4.78 is 17.2. The van der Waals surface area contributed by atoms with E-state index in [1.165, 1.54) is 30.5 Å². The lowest BCUT2D eigenvalue weighted by Crippen LogP contribution is -2.11. The molecule has 0 fully saturated rings. The molecule has 1 amide bonds. The van der Waals surface area contributed by atoms with Crippen molar-refractivity contribution in [2.75, 3.05) is 5.32 Å². The molecule has 0 aliphatic rings. The van der Waals surface area contributed by atoms with E-state index in [9.17, 15) is 14.9 Å². The van der Waals surface area contributed by atoms with Crippen molar-refractivity contribution in [2.24, 2.45) is 0 Å². The maximum atomic E-state index is 12.8. The van der Waals surface area contributed by atoms with Crippen molar-refractivity contribution < 1.29 is 23.6 Å². The van der Waals surface area contributed by atoms with Crippen LogP contribution < -0.4 is 14.8 Å². The van der Waals surface area contributed by atoms with Gasteiger partial charge in [0.2, 0.25) is 0 Å². The number of amides is 1. The van der Waals surface area contributed by atoms with Crippen molar-refractivity contribution in [1.29, 1.82) is 0 Å². The first-order valence-electron chi connectivity index (χ1n) is 10.9. The fourth-order valence-corrected chi connectivity index (χ4v) is 3.60. The number of benzene rings is 3. The van der Waals surface area contributed by atoms with Crippen LogP contribution in [0.1, 0.15) is 16.3 Å². The lowest BCUT2D eigenvalue weighted by atomic mass is 10.1. The van der Waals surface area contributed by atoms with E-state index in [2.05, 4.69) is 10.3 Å². The Balaban J connectivity index is 1.29. The molecule has 5 rings (SSSR count). The second kappa shape index (κ2) is 9.98. The molecule has 9 heteroatoms. The van der Waals surface area contributed by atoms with Crippen LogP contribution in [0.25, 0.3) is 10.8 Å². The summed E-state index contributed by atoms with van der Waals surface area (Å²) >= 11 is 0. The molecule has 0 saturated carbocycles. The zero-order valence-corrected chi connectivity index (χ0v) is 18.8. The number of hydrogen-bond donors (Lipinski definition) is 1. The van der Waals surface area contributed by atoms with Gasteiger partial charge in [-0.05, 0) is 35.7 Å². The summed E-state index contributed by atoms with van der Waals surface area (Å²) in [5.41, 5.74) is -0.0617. The van der Waals surface area contributed by atoms with Crippen molar-refractivity contribution in [1.82, 2.24) is 4.98 Å². The van der Waals surface area contributed by atoms with Gasteiger partial charge in [0, 0.05) is 23.7 Å². The number of pyridine rings is 1. The van der Waals surface area contributed by atoms with Gasteiger partial charge in [-0.2, -0.15) is 0 Å². The Morgan fingerprint density at radius 2 is 1.83 bits per heavy atom. The van der Waals surface area contributed by atoms with Gasteiger partial charge in [-0.1, -0.05) is 36.4 Å². The highest BCUT2D eigenvalue weighted by Gasteiger charge is 2.16. The summed E-state index contributed by atoms with van der Waals surface area (Å²) in [6.45, 7) is 0.126. The van der Waals surface area contributed by atoms with Gasteiger partial charge >= 0.3 is 0 Å². The Kier molecular flexibility index (Phi) is 6.27. The molecule has 0 saturated heterocycles. The van der Waals surface area contributed by atoms with Crippen molar-refractivity contribution >= 4 is 28.1 Å². The quantitative estimate of drug-likeness (QED) is 0.202. The van der Waals surface area contributed by atoms with Crippen molar-refractivity contribution in [3.63, 3.8) is 0 Å². The first kappa shape index (κ1) is 22.6. The Hall–Kier alpha value is -5.18. The standard InChI is InChI=1S/C27H19N3O6/c31-27(29-19-13-20(30(32)33)15-23(14-19)35-21-7-4-12-28-16-21)26-11-10-22(36-26)17-34-25-9-3-6-18-5-1-2-8-24(18)25/h1-16H,17H2,(H,29,31). The summed E-state index contributed by atoms with van der Waals surface area (Å²) in [5, 5.41) is 16.0. The zero-order valence-electron chi connectivity index (χ0n) is 18.8. The molecule has 0 spiro atoms. The first-order chi connectivity index (χ1) is 17.5. The Labute approximate surface area is 205 Å². The minimum Gasteiger partial charge on any atom is -0.485 e. The number of fused-ring (bicyclic) bond motifs is 1. The monoisotopic (exact) mass is 481 g/mol. The van der Waals surface area contributed by atoms with Crippen LogP contribution in [0.2, 0.25) is 0 Å². The van der Waals surface area contributed by atoms with Gasteiger partial charge in [0.15, 0.2) is 5.76 Å². The van der Waals surface area contributed by atoms with E-state index in [0.717, 1.165) is 10.8 Å². The average molecular weight is 481 g/mol. The van der Waals surface area contributed by atoms with Crippen molar-refractivity contribution in [2.45, 2.75) is 6.61 Å². The molecule has 2 aromatic heterocycles. The van der Waals surface area contributed by atoms with E-state index in [1.54, 1.807) is 24.4 Å². The number of rotatable bonds is 8. The molecule has 0 aliphatic carbocycles. The molecule has 36 heavy (non-hydrogen) atoms. The largest absolute Gasteiger partial charge is 0.485 e. The smallest absolute Gasteiger partial charge is 0.291 e. The van der Waals surface area contributed by atoms with Gasteiger partial charge in [0.1, 0.15) is 29.6 Å². The SMILES string of the molecule is O=C(Nc1cc(Oc2cccnc2)cc([N+](=O)[O-])c1)c1ccc(COc2cccc3ccccc23)o1. The van der Waals surface area contributed by atoms with Crippen molar-refractivity contribution in [3.05, 3.63) is 119 Å². The minimum atomic E-state index is -0.570. The predicted octanol–water partition coefficient (Wildman–Crippen LogP) is 6.36. The van der Waals surface area contributed by atoms with Gasteiger partial charge < -0.3 is 19.2 Å². The Morgan fingerprint density at radius 1 is 0.972 bits per heavy atom. The zero-order chi connectivity index (χ0) is 24.9. The number of ether oxygens (including phenoxy) is 2. The fourth-order valence-electron chi connectivity index (χ4n) is 3.60. The molecular weight excluding hydrogens is 462 g/mol. The highest BCUT2D eigenvalue weighted by atomic mass is 16.6. The van der Waals surface area contributed by atoms with Crippen LogP contribution in [0, 0.1) is 10.1 Å². The normalized spacial score (nSPS) is 10.7. The lowest BCUT2D eigenvalue weighted by Gasteiger charge is -2.09. The number of carbonyl (C=O) groups excluding carboxylic acids is 1. The molecule has 9 nitrogen and oxygen atoms in total. The number of aromatic nitrogens is 1. The van der Waals surface area contributed by atoms with Gasteiger partial charge in [0.25, 0.3) is 11.6 Å². The topological polar surface area (TPSA) is 117 Å². The molecule has 3 aromatic carbocycles. The molecule has 0 unspecified atom stereocenters. The maximum Gasteiger partial charge on any atom is 0.291 e. The van der Waals surface area contributed by atoms with Crippen LogP contribution in [0.4, 0.5) is 11.4 Å². The van der Waals surface area contributed by atoms with Crippen LogP contribution in [-0.2, 0) is 6.61 Å². The fraction of sp³-hybridized carbons (Fsp3) is 0.0370. The average Bonchev–Trinajstić information content (AvgIpc) is 3.37. The van der Waals surface area contributed by atoms with E-state index in [0.29, 0.717) is 17.3 Å². The van der Waals surface area contributed by atoms with Gasteiger partial charge in [-0.3, -0.25) is 19.9 Å². The molecule has 178 valence electrons. The number of furan rings is 1. The molecule has 1 N–H and O–H groups in total. The van der Waals surface area contributed by atoms with Gasteiger partial charge in [0.05, 0.1) is 22.9 Å². The van der Waals surface area contributed by atoms with E-state index < -0.39 is 10.8 Å². The minimum absolute atomic E-state index is 0.0350. The Bertz CT molecular complexity index is 1540. The molecule has 0 radical (unpaired) electrons. The first-order valence-corrected chi connectivity index (χ1v) is 10.9. The lowest BCUT2D eigenvalue weighted by molar-refractivity contribution is -0.384. The van der Waals surface area contributed by atoms with Crippen LogP contribution in [0.5, 0.6) is 17.2 Å². The molecule has 0 atom stereocenters. The number of hydrogen-bond acceptors (Lipinski definition) is 7. The number of anilines is 1. The van der Waals surface area contributed by atoms with Crippen LogP contribution in [-0.4, -0.2) is 15.8 Å². The number of nitrogens with one attached hydrogen (secondary N) is 1. The number of nitrogens with zero attached hydrogens (tertiary/aromatic N) is 2. The summed E-state index contributed by atoms with van der Waals surface area (Å²) in [7, 11) is 0. The van der Waals surface area contributed by atoms with Crippen LogP contribution in [0.3, 0.4) is 0 Å². The van der Waals surface area contributed by atoms with E-state index in [4.69, 9.17) is 13.9 Å². The summed E-state index contributed by atoms with van der Waals surface area (Å²) in [6, 6.07) is 24.1. The second-order valence-corrected chi connectivity index (χ2v) is 7.75. The number of nitro benzene ring substituents is 1. The highest BCUT2D eigenvalue weighted by molar-refractivity contribution is 6.02. The second-order valence-electron chi connectivity index (χ2n) is 7.75. The number of nitro groups is 1. The van der Waals surface area contributed by atoms with Crippen molar-refractivity contribution in [3.8, 4) is 17.2 Å². The Morgan fingerprint density at radius 3 is 2.67 bits per heavy atom. The number of carbonyl (C=O) groups is 1. The third-order valence-corrected chi connectivity index (χ3v) is 5.24. The molecular formula is C27H19N3O6. The predicted molar refractivity (Wildman–Crippen MR) is 132 cm³/mol. The molecule has 0 bridgehead atoms. The van der Waals surface area contributed by atoms with Crippen LogP contribution >= 0.6 is 0 Å². The summed E-state index contributed by atoms with van der Waals surface area (Å²) in [6.07, 6.45) is 3.05. The van der Waals surface area contributed by atoms with Crippen LogP contribution in [0.15, 0.2) is 102 Å². The number of non-ortho nitro benzene ring substituents is 1. The van der Waals surface area contributed by atoms with Gasteiger partial charge in [-0.15, -0.1) is 0 Å². The van der Waals surface area contributed by atoms with E-state index in [1.807, 2.05) is 42.5 Å². The highest BCUT2D eigenvalue weighted by Crippen LogP contribution is 2.30. The molecule has 5 aromatic rings. The van der Waals surface area contributed by atoms with E-state index >= 15 is 0 Å². The molecule has 0 aliphatic heterocycles.